The number of anilines is 1. The summed E-state index contributed by atoms with van der Waals surface area (Å²) < 4.78 is 15.3. The fourth-order valence-corrected chi connectivity index (χ4v) is 3.25. The summed E-state index contributed by atoms with van der Waals surface area (Å²) in [6.07, 6.45) is 10.1. The van der Waals surface area contributed by atoms with E-state index < -0.39 is 5.82 Å². The van der Waals surface area contributed by atoms with Gasteiger partial charge in [0.25, 0.3) is 0 Å². The highest BCUT2D eigenvalue weighted by Gasteiger charge is 2.17. The zero-order valence-corrected chi connectivity index (χ0v) is 17.5. The fourth-order valence-electron chi connectivity index (χ4n) is 3.25. The molecule has 3 nitrogen and oxygen atoms in total. The van der Waals surface area contributed by atoms with Crippen molar-refractivity contribution < 1.29 is 4.39 Å². The highest BCUT2D eigenvalue weighted by Crippen LogP contribution is 2.28. The average Bonchev–Trinajstić information content (AvgIpc) is 2.78. The highest BCUT2D eigenvalue weighted by atomic mass is 19.1. The molecule has 0 aliphatic carbocycles. The van der Waals surface area contributed by atoms with E-state index in [1.165, 1.54) is 6.33 Å². The number of aromatic nitrogens is 2. The lowest BCUT2D eigenvalue weighted by atomic mass is 10.0. The molecular weight excluding hydrogens is 373 g/mol. The van der Waals surface area contributed by atoms with Gasteiger partial charge in [-0.15, -0.1) is 0 Å². The Labute approximate surface area is 177 Å². The Balaban J connectivity index is 1.86. The first-order chi connectivity index (χ1) is 14.6. The van der Waals surface area contributed by atoms with Gasteiger partial charge in [-0.1, -0.05) is 80.8 Å². The lowest BCUT2D eigenvalue weighted by Crippen LogP contribution is -2.19. The first-order valence-electron chi connectivity index (χ1n) is 9.93. The Kier molecular flexibility index (Phi) is 6.91. The predicted octanol–water partition coefficient (Wildman–Crippen LogP) is 6.63. The van der Waals surface area contributed by atoms with Gasteiger partial charge in [-0.3, -0.25) is 0 Å². The van der Waals surface area contributed by atoms with E-state index >= 15 is 4.39 Å². The molecule has 1 heterocycles. The number of rotatable bonds is 8. The number of allylic oxidation sites excluding steroid dienone is 1. The van der Waals surface area contributed by atoms with Crippen molar-refractivity contribution in [1.82, 2.24) is 9.97 Å². The van der Waals surface area contributed by atoms with Crippen molar-refractivity contribution in [2.75, 3.05) is 11.9 Å². The summed E-state index contributed by atoms with van der Waals surface area (Å²) in [6.45, 7) is 10.3. The van der Waals surface area contributed by atoms with Crippen molar-refractivity contribution in [2.45, 2.75) is 19.9 Å². The Hall–Kier alpha value is -3.53. The van der Waals surface area contributed by atoms with Crippen molar-refractivity contribution in [3.63, 3.8) is 0 Å². The van der Waals surface area contributed by atoms with Gasteiger partial charge in [0.15, 0.2) is 11.6 Å². The molecule has 152 valence electrons. The molecule has 0 unspecified atom stereocenters. The monoisotopic (exact) mass is 399 g/mol. The molecule has 0 atom stereocenters. The summed E-state index contributed by atoms with van der Waals surface area (Å²) in [7, 11) is 1.83. The van der Waals surface area contributed by atoms with E-state index in [1.807, 2.05) is 25.2 Å². The molecule has 0 saturated carbocycles. The number of benzene rings is 2. The number of halogens is 1. The van der Waals surface area contributed by atoms with Crippen LogP contribution in [-0.4, -0.2) is 17.0 Å². The van der Waals surface area contributed by atoms with Crippen LogP contribution in [0.5, 0.6) is 0 Å². The summed E-state index contributed by atoms with van der Waals surface area (Å²) in [4.78, 5) is 10.2. The molecular formula is C26H26FN3. The molecule has 4 heteroatoms. The second kappa shape index (κ2) is 9.79. The predicted molar refractivity (Wildman–Crippen MR) is 125 cm³/mol. The van der Waals surface area contributed by atoms with Crippen molar-refractivity contribution in [3.8, 4) is 11.3 Å². The minimum atomic E-state index is -0.441. The average molecular weight is 400 g/mol. The zero-order valence-electron chi connectivity index (χ0n) is 17.5. The molecule has 0 radical (unpaired) electrons. The van der Waals surface area contributed by atoms with Gasteiger partial charge in [0, 0.05) is 19.2 Å². The van der Waals surface area contributed by atoms with Crippen LogP contribution in [0.4, 0.5) is 10.2 Å². The molecule has 0 N–H and O–H groups in total. The van der Waals surface area contributed by atoms with Crippen LogP contribution < -0.4 is 4.90 Å². The Morgan fingerprint density at radius 2 is 1.73 bits per heavy atom. The van der Waals surface area contributed by atoms with Crippen molar-refractivity contribution in [2.24, 2.45) is 0 Å². The molecule has 3 rings (SSSR count). The molecule has 3 aromatic rings. The summed E-state index contributed by atoms with van der Waals surface area (Å²) in [5, 5.41) is 0. The lowest BCUT2D eigenvalue weighted by Gasteiger charge is -2.20. The van der Waals surface area contributed by atoms with Gasteiger partial charge >= 0.3 is 0 Å². The zero-order chi connectivity index (χ0) is 21.5. The highest BCUT2D eigenvalue weighted by molar-refractivity contribution is 5.72. The molecule has 0 amide bonds. The normalized spacial score (nSPS) is 10.9. The minimum absolute atomic E-state index is 0.267. The second-order valence-corrected chi connectivity index (χ2v) is 7.02. The van der Waals surface area contributed by atoms with Crippen LogP contribution in [0.2, 0.25) is 0 Å². The third kappa shape index (κ3) is 4.71. The Bertz CT molecular complexity index is 1070. The smallest absolute Gasteiger partial charge is 0.191 e. The van der Waals surface area contributed by atoms with Gasteiger partial charge in [-0.2, -0.15) is 0 Å². The summed E-state index contributed by atoms with van der Waals surface area (Å²) in [5.74, 6) is -0.174. The molecule has 0 fully saturated rings. The van der Waals surface area contributed by atoms with E-state index in [0.717, 1.165) is 28.7 Å². The SMILES string of the molecule is C=Cc1ccc(-c2ncnc(N(C)Cc3ccc(/C=C/CC)cc3)c2F)cc1C=C. The maximum absolute atomic E-state index is 15.3. The van der Waals surface area contributed by atoms with Crippen LogP contribution in [0.15, 0.2) is 68.0 Å². The van der Waals surface area contributed by atoms with Crippen LogP contribution in [0.3, 0.4) is 0 Å². The van der Waals surface area contributed by atoms with E-state index in [1.54, 1.807) is 17.1 Å². The summed E-state index contributed by atoms with van der Waals surface area (Å²) >= 11 is 0. The Morgan fingerprint density at radius 3 is 2.40 bits per heavy atom. The molecule has 0 spiro atoms. The topological polar surface area (TPSA) is 29.0 Å². The van der Waals surface area contributed by atoms with Crippen LogP contribution in [0.1, 0.15) is 35.6 Å². The minimum Gasteiger partial charge on any atom is -0.353 e. The number of hydrogen-bond acceptors (Lipinski definition) is 3. The van der Waals surface area contributed by atoms with Crippen molar-refractivity contribution in [1.29, 1.82) is 0 Å². The second-order valence-electron chi connectivity index (χ2n) is 7.02. The van der Waals surface area contributed by atoms with Gasteiger partial charge in [0.1, 0.15) is 12.0 Å². The van der Waals surface area contributed by atoms with Gasteiger partial charge in [0.2, 0.25) is 0 Å². The Morgan fingerprint density at radius 1 is 1.00 bits per heavy atom. The molecule has 0 saturated heterocycles. The molecule has 0 aliphatic rings. The van der Waals surface area contributed by atoms with Crippen LogP contribution in [0.25, 0.3) is 29.5 Å². The first kappa shape index (κ1) is 21.2. The molecule has 30 heavy (non-hydrogen) atoms. The number of nitrogens with zero attached hydrogens (tertiary/aromatic N) is 3. The van der Waals surface area contributed by atoms with E-state index in [9.17, 15) is 0 Å². The van der Waals surface area contributed by atoms with Crippen molar-refractivity contribution in [3.05, 3.63) is 96.1 Å². The van der Waals surface area contributed by atoms with E-state index in [-0.39, 0.29) is 11.5 Å². The first-order valence-corrected chi connectivity index (χ1v) is 9.93. The third-order valence-corrected chi connectivity index (χ3v) is 4.88. The van der Waals surface area contributed by atoms with Gasteiger partial charge in [-0.05, 0) is 34.7 Å². The van der Waals surface area contributed by atoms with Crippen molar-refractivity contribution >= 4 is 24.0 Å². The largest absolute Gasteiger partial charge is 0.353 e. The summed E-state index contributed by atoms with van der Waals surface area (Å²) in [6, 6.07) is 13.8. The molecule has 1 aromatic heterocycles. The standard InChI is InChI=1S/C26H26FN3/c1-5-8-9-19-10-12-20(13-11-19)17-30(4)26-24(27)25(28-18-29-26)23-15-14-21(6-2)22(7-3)16-23/h6-16,18H,2-3,5,17H2,1,4H3/b9-8+. The molecule has 2 aromatic carbocycles. The third-order valence-electron chi connectivity index (χ3n) is 4.88. The number of hydrogen-bond donors (Lipinski definition) is 0. The van der Waals surface area contributed by atoms with E-state index in [0.29, 0.717) is 12.1 Å². The van der Waals surface area contributed by atoms with Crippen LogP contribution >= 0.6 is 0 Å². The van der Waals surface area contributed by atoms with Gasteiger partial charge < -0.3 is 4.90 Å². The van der Waals surface area contributed by atoms with Crippen LogP contribution in [-0.2, 0) is 6.54 Å². The maximum atomic E-state index is 15.3. The van der Waals surface area contributed by atoms with E-state index in [4.69, 9.17) is 0 Å². The molecule has 0 bridgehead atoms. The lowest BCUT2D eigenvalue weighted by molar-refractivity contribution is 0.611. The van der Waals surface area contributed by atoms with E-state index in [2.05, 4.69) is 66.5 Å². The molecule has 0 aliphatic heterocycles. The fraction of sp³-hybridized carbons (Fsp3) is 0.154. The van der Waals surface area contributed by atoms with Crippen LogP contribution in [0, 0.1) is 5.82 Å². The maximum Gasteiger partial charge on any atom is 0.191 e. The van der Waals surface area contributed by atoms with Gasteiger partial charge in [-0.25, -0.2) is 14.4 Å². The summed E-state index contributed by atoms with van der Waals surface area (Å²) in [5.41, 5.74) is 5.00. The quantitative estimate of drug-likeness (QED) is 0.426. The van der Waals surface area contributed by atoms with Gasteiger partial charge in [0.05, 0.1) is 0 Å².